The molecule has 0 N–H and O–H groups in total. The first-order valence-corrected chi connectivity index (χ1v) is 6.17. The van der Waals surface area contributed by atoms with E-state index in [0.717, 1.165) is 19.2 Å². The van der Waals surface area contributed by atoms with Gasteiger partial charge in [-0.1, -0.05) is 13.8 Å². The Balaban J connectivity index is 2.38. The van der Waals surface area contributed by atoms with Crippen molar-refractivity contribution in [2.75, 3.05) is 19.7 Å². The van der Waals surface area contributed by atoms with Crippen LogP contribution >= 0.6 is 0 Å². The minimum Gasteiger partial charge on any atom is -0.377 e. The predicted octanol–water partition coefficient (Wildman–Crippen LogP) is 2.68. The fourth-order valence-electron chi connectivity index (χ4n) is 2.47. The van der Waals surface area contributed by atoms with Gasteiger partial charge in [0.15, 0.2) is 0 Å². The van der Waals surface area contributed by atoms with Crippen molar-refractivity contribution < 1.29 is 4.74 Å². The van der Waals surface area contributed by atoms with E-state index in [4.69, 9.17) is 4.74 Å². The molecule has 1 fully saturated rings. The molecular weight excluding hydrogens is 174 g/mol. The van der Waals surface area contributed by atoms with E-state index in [1.807, 2.05) is 0 Å². The lowest BCUT2D eigenvalue weighted by Crippen LogP contribution is -2.45. The van der Waals surface area contributed by atoms with Crippen LogP contribution in [0.2, 0.25) is 0 Å². The van der Waals surface area contributed by atoms with Crippen molar-refractivity contribution in [2.24, 2.45) is 0 Å². The van der Waals surface area contributed by atoms with Crippen LogP contribution in [0.3, 0.4) is 0 Å². The van der Waals surface area contributed by atoms with Crippen molar-refractivity contribution in [3.8, 4) is 0 Å². The lowest BCUT2D eigenvalue weighted by Gasteiger charge is -2.37. The average Bonchev–Trinajstić information content (AvgIpc) is 2.21. The molecule has 0 radical (unpaired) electrons. The van der Waals surface area contributed by atoms with Gasteiger partial charge in [-0.2, -0.15) is 0 Å². The van der Waals surface area contributed by atoms with Crippen molar-refractivity contribution in [3.63, 3.8) is 0 Å². The lowest BCUT2D eigenvalue weighted by molar-refractivity contribution is -0.00834. The lowest BCUT2D eigenvalue weighted by atomic mass is 10.0. The second kappa shape index (κ2) is 6.41. The maximum Gasteiger partial charge on any atom is 0.0702 e. The number of ether oxygens (including phenoxy) is 1. The molecule has 2 heteroatoms. The molecule has 0 aromatic carbocycles. The number of hydrogen-bond donors (Lipinski definition) is 0. The molecule has 0 aromatic heterocycles. The Morgan fingerprint density at radius 1 is 1.29 bits per heavy atom. The Morgan fingerprint density at radius 2 is 2.00 bits per heavy atom. The monoisotopic (exact) mass is 199 g/mol. The van der Waals surface area contributed by atoms with Gasteiger partial charge < -0.3 is 4.74 Å². The van der Waals surface area contributed by atoms with Crippen molar-refractivity contribution in [2.45, 2.75) is 58.6 Å². The third kappa shape index (κ3) is 3.25. The van der Waals surface area contributed by atoms with E-state index in [-0.39, 0.29) is 0 Å². The van der Waals surface area contributed by atoms with Crippen LogP contribution in [-0.4, -0.2) is 36.7 Å². The van der Waals surface area contributed by atoms with Crippen molar-refractivity contribution >= 4 is 0 Å². The highest BCUT2D eigenvalue weighted by Crippen LogP contribution is 2.18. The van der Waals surface area contributed by atoms with Crippen LogP contribution in [0.15, 0.2) is 0 Å². The van der Waals surface area contributed by atoms with Gasteiger partial charge in [-0.3, -0.25) is 4.90 Å². The summed E-state index contributed by atoms with van der Waals surface area (Å²) in [5.74, 6) is 0. The SMILES string of the molecule is CCOC1CCCN(C(CC)CC)C1. The van der Waals surface area contributed by atoms with Gasteiger partial charge in [-0.25, -0.2) is 0 Å². The van der Waals surface area contributed by atoms with Crippen LogP contribution in [0.4, 0.5) is 0 Å². The maximum absolute atomic E-state index is 5.71. The molecule has 2 nitrogen and oxygen atoms in total. The van der Waals surface area contributed by atoms with E-state index >= 15 is 0 Å². The van der Waals surface area contributed by atoms with Crippen LogP contribution in [0.1, 0.15) is 46.5 Å². The largest absolute Gasteiger partial charge is 0.377 e. The molecule has 0 aliphatic carbocycles. The van der Waals surface area contributed by atoms with Gasteiger partial charge in [0.05, 0.1) is 6.10 Å². The third-order valence-electron chi connectivity index (χ3n) is 3.27. The molecule has 1 atom stereocenters. The average molecular weight is 199 g/mol. The Labute approximate surface area is 88.6 Å². The highest BCUT2D eigenvalue weighted by molar-refractivity contribution is 4.78. The molecule has 0 saturated carbocycles. The molecule has 0 spiro atoms. The summed E-state index contributed by atoms with van der Waals surface area (Å²) in [5.41, 5.74) is 0. The quantitative estimate of drug-likeness (QED) is 0.675. The molecule has 0 bridgehead atoms. The van der Waals surface area contributed by atoms with Crippen molar-refractivity contribution in [1.82, 2.24) is 4.90 Å². The van der Waals surface area contributed by atoms with Gasteiger partial charge >= 0.3 is 0 Å². The Morgan fingerprint density at radius 3 is 2.57 bits per heavy atom. The maximum atomic E-state index is 5.71. The molecular formula is C12H25NO. The molecule has 1 aliphatic heterocycles. The zero-order valence-electron chi connectivity index (χ0n) is 9.96. The van der Waals surface area contributed by atoms with E-state index in [9.17, 15) is 0 Å². The first-order chi connectivity index (χ1) is 6.81. The standard InChI is InChI=1S/C12H25NO/c1-4-11(5-2)13-9-7-8-12(10-13)14-6-3/h11-12H,4-10H2,1-3H3. The number of hydrogen-bond acceptors (Lipinski definition) is 2. The van der Waals surface area contributed by atoms with Crippen LogP contribution in [0.25, 0.3) is 0 Å². The van der Waals surface area contributed by atoms with Crippen LogP contribution < -0.4 is 0 Å². The van der Waals surface area contributed by atoms with Gasteiger partial charge in [0.1, 0.15) is 0 Å². The topological polar surface area (TPSA) is 12.5 Å². The summed E-state index contributed by atoms with van der Waals surface area (Å²) in [4.78, 5) is 2.61. The summed E-state index contributed by atoms with van der Waals surface area (Å²) in [5, 5.41) is 0. The Bertz CT molecular complexity index is 143. The molecule has 1 unspecified atom stereocenters. The molecule has 1 heterocycles. The van der Waals surface area contributed by atoms with Gasteiger partial charge in [-0.15, -0.1) is 0 Å². The fourth-order valence-corrected chi connectivity index (χ4v) is 2.47. The normalized spacial score (nSPS) is 24.4. The molecule has 84 valence electrons. The van der Waals surface area contributed by atoms with Gasteiger partial charge in [-0.05, 0) is 39.2 Å². The fraction of sp³-hybridized carbons (Fsp3) is 1.00. The molecule has 0 aromatic rings. The third-order valence-corrected chi connectivity index (χ3v) is 3.27. The second-order valence-electron chi connectivity index (χ2n) is 4.18. The number of rotatable bonds is 5. The highest BCUT2D eigenvalue weighted by Gasteiger charge is 2.23. The van der Waals surface area contributed by atoms with E-state index in [2.05, 4.69) is 25.7 Å². The van der Waals surface area contributed by atoms with Crippen LogP contribution in [0.5, 0.6) is 0 Å². The van der Waals surface area contributed by atoms with Crippen LogP contribution in [-0.2, 0) is 4.74 Å². The van der Waals surface area contributed by atoms with Gasteiger partial charge in [0, 0.05) is 19.2 Å². The first kappa shape index (κ1) is 12.0. The number of likely N-dealkylation sites (tertiary alicyclic amines) is 1. The van der Waals surface area contributed by atoms with E-state index in [1.54, 1.807) is 0 Å². The summed E-state index contributed by atoms with van der Waals surface area (Å²) in [6, 6.07) is 0.776. The molecule has 14 heavy (non-hydrogen) atoms. The Kier molecular flexibility index (Phi) is 5.49. The highest BCUT2D eigenvalue weighted by atomic mass is 16.5. The van der Waals surface area contributed by atoms with E-state index in [1.165, 1.54) is 32.2 Å². The Hall–Kier alpha value is -0.0800. The first-order valence-electron chi connectivity index (χ1n) is 6.17. The predicted molar refractivity (Wildman–Crippen MR) is 60.6 cm³/mol. The zero-order chi connectivity index (χ0) is 10.4. The smallest absolute Gasteiger partial charge is 0.0702 e. The van der Waals surface area contributed by atoms with E-state index in [0.29, 0.717) is 6.10 Å². The van der Waals surface area contributed by atoms with Crippen molar-refractivity contribution in [3.05, 3.63) is 0 Å². The van der Waals surface area contributed by atoms with Gasteiger partial charge in [0.25, 0.3) is 0 Å². The van der Waals surface area contributed by atoms with Crippen molar-refractivity contribution in [1.29, 1.82) is 0 Å². The van der Waals surface area contributed by atoms with E-state index < -0.39 is 0 Å². The molecule has 1 rings (SSSR count). The summed E-state index contributed by atoms with van der Waals surface area (Å²) in [6.07, 6.45) is 5.60. The molecule has 1 aliphatic rings. The summed E-state index contributed by atoms with van der Waals surface area (Å²) < 4.78 is 5.71. The summed E-state index contributed by atoms with van der Waals surface area (Å²) in [7, 11) is 0. The number of piperidine rings is 1. The molecule has 0 amide bonds. The summed E-state index contributed by atoms with van der Waals surface area (Å²) in [6.45, 7) is 9.96. The molecule has 1 saturated heterocycles. The zero-order valence-corrected chi connectivity index (χ0v) is 9.96. The van der Waals surface area contributed by atoms with Crippen LogP contribution in [0, 0.1) is 0 Å². The second-order valence-corrected chi connectivity index (χ2v) is 4.18. The minimum atomic E-state index is 0.495. The summed E-state index contributed by atoms with van der Waals surface area (Å²) >= 11 is 0. The number of nitrogens with zero attached hydrogens (tertiary/aromatic N) is 1. The van der Waals surface area contributed by atoms with Gasteiger partial charge in [0.2, 0.25) is 0 Å². The minimum absolute atomic E-state index is 0.495.